The summed E-state index contributed by atoms with van der Waals surface area (Å²) in [7, 11) is 0. The van der Waals surface area contributed by atoms with Crippen molar-refractivity contribution in [3.63, 3.8) is 0 Å². The molecule has 5 N–H and O–H groups in total. The van der Waals surface area contributed by atoms with Crippen LogP contribution in [-0.4, -0.2) is 30.2 Å². The molecular formula is C25H25N5O3. The number of carbonyl (C=O) groups excluding carboxylic acids is 3. The highest BCUT2D eigenvalue weighted by molar-refractivity contribution is 6.05. The van der Waals surface area contributed by atoms with Crippen molar-refractivity contribution in [2.75, 3.05) is 10.6 Å². The van der Waals surface area contributed by atoms with Gasteiger partial charge in [0.15, 0.2) is 6.29 Å². The van der Waals surface area contributed by atoms with Crippen molar-refractivity contribution in [3.8, 4) is 0 Å². The van der Waals surface area contributed by atoms with Gasteiger partial charge in [-0.1, -0.05) is 54.1 Å². The minimum absolute atomic E-state index is 0.0527. The zero-order chi connectivity index (χ0) is 22.9. The van der Waals surface area contributed by atoms with E-state index < -0.39 is 24.3 Å². The standard InChI is InChI=1S/C25H25N5O3/c1-14-9-11-16(12-10-14)26-25-29-22-21(24(33)30-25)18(13-20(31)28-22)23(32)27-19-8-4-6-15-5-2-3-7-17(15)19/h2-12,18,21-22,25-26,29H,13H2,1H3,(H,27,32)(H,28,31)(H,30,33). The summed E-state index contributed by atoms with van der Waals surface area (Å²) in [5.41, 5.74) is 2.61. The van der Waals surface area contributed by atoms with E-state index in [1.54, 1.807) is 0 Å². The second kappa shape index (κ2) is 8.55. The van der Waals surface area contributed by atoms with Crippen LogP contribution in [0.5, 0.6) is 0 Å². The number of nitrogens with one attached hydrogen (secondary N) is 5. The van der Waals surface area contributed by atoms with E-state index in [0.717, 1.165) is 22.0 Å². The first-order valence-corrected chi connectivity index (χ1v) is 11.0. The average molecular weight is 444 g/mol. The van der Waals surface area contributed by atoms with Gasteiger partial charge in [-0.05, 0) is 30.5 Å². The molecule has 3 aromatic rings. The summed E-state index contributed by atoms with van der Waals surface area (Å²) in [6.07, 6.45) is -1.30. The Morgan fingerprint density at radius 2 is 1.70 bits per heavy atom. The molecule has 4 unspecified atom stereocenters. The van der Waals surface area contributed by atoms with Gasteiger partial charge in [-0.25, -0.2) is 0 Å². The Kier molecular flexibility index (Phi) is 5.43. The lowest BCUT2D eigenvalue weighted by atomic mass is 9.81. The Labute approximate surface area is 191 Å². The van der Waals surface area contributed by atoms with Crippen LogP contribution < -0.4 is 26.6 Å². The summed E-state index contributed by atoms with van der Waals surface area (Å²) in [4.78, 5) is 38.7. The van der Waals surface area contributed by atoms with E-state index in [1.165, 1.54) is 0 Å². The normalized spacial score (nSPS) is 24.4. The molecule has 2 aliphatic heterocycles. The molecule has 0 bridgehead atoms. The maximum absolute atomic E-state index is 13.2. The maximum atomic E-state index is 13.2. The van der Waals surface area contributed by atoms with E-state index in [0.29, 0.717) is 5.69 Å². The zero-order valence-electron chi connectivity index (χ0n) is 18.1. The van der Waals surface area contributed by atoms with Crippen LogP contribution in [0.15, 0.2) is 66.7 Å². The molecule has 33 heavy (non-hydrogen) atoms. The summed E-state index contributed by atoms with van der Waals surface area (Å²) in [6.45, 7) is 2.00. The molecule has 8 nitrogen and oxygen atoms in total. The Bertz CT molecular complexity index is 1220. The van der Waals surface area contributed by atoms with Crippen LogP contribution in [0.3, 0.4) is 0 Å². The Balaban J connectivity index is 1.34. The van der Waals surface area contributed by atoms with Gasteiger partial charge in [0.2, 0.25) is 17.7 Å². The summed E-state index contributed by atoms with van der Waals surface area (Å²) in [6, 6.07) is 21.1. The van der Waals surface area contributed by atoms with Crippen molar-refractivity contribution in [2.24, 2.45) is 11.8 Å². The monoisotopic (exact) mass is 443 g/mol. The summed E-state index contributed by atoms with van der Waals surface area (Å²) >= 11 is 0. The van der Waals surface area contributed by atoms with Crippen LogP contribution in [-0.2, 0) is 14.4 Å². The summed E-state index contributed by atoms with van der Waals surface area (Å²) in [5, 5.41) is 16.9. The molecule has 2 fully saturated rings. The highest BCUT2D eigenvalue weighted by Crippen LogP contribution is 2.30. The lowest BCUT2D eigenvalue weighted by Crippen LogP contribution is -2.72. The molecular weight excluding hydrogens is 418 g/mol. The molecule has 5 rings (SSSR count). The predicted molar refractivity (Wildman–Crippen MR) is 126 cm³/mol. The van der Waals surface area contributed by atoms with Gasteiger partial charge in [0.1, 0.15) is 0 Å². The minimum atomic E-state index is -0.796. The fourth-order valence-corrected chi connectivity index (χ4v) is 4.53. The first kappa shape index (κ1) is 21.0. The van der Waals surface area contributed by atoms with Gasteiger partial charge < -0.3 is 21.3 Å². The van der Waals surface area contributed by atoms with E-state index in [9.17, 15) is 14.4 Å². The minimum Gasteiger partial charge on any atom is -0.353 e. The fraction of sp³-hybridized carbons (Fsp3) is 0.240. The SMILES string of the molecule is Cc1ccc(NC2NC(=O)C3C(NC(=O)CC3C(=O)Nc3cccc4ccccc34)N2)cc1. The molecule has 2 aliphatic rings. The maximum Gasteiger partial charge on any atom is 0.229 e. The number of amides is 3. The molecule has 3 aromatic carbocycles. The van der Waals surface area contributed by atoms with Gasteiger partial charge in [-0.2, -0.15) is 0 Å². The number of aryl methyl sites for hydroxylation is 1. The number of benzene rings is 3. The number of rotatable bonds is 4. The van der Waals surface area contributed by atoms with Crippen LogP contribution in [0.2, 0.25) is 0 Å². The summed E-state index contributed by atoms with van der Waals surface area (Å²) < 4.78 is 0. The number of hydrogen-bond acceptors (Lipinski definition) is 5. The van der Waals surface area contributed by atoms with Gasteiger partial charge in [0.25, 0.3) is 0 Å². The molecule has 2 saturated heterocycles. The smallest absolute Gasteiger partial charge is 0.229 e. The fourth-order valence-electron chi connectivity index (χ4n) is 4.53. The van der Waals surface area contributed by atoms with E-state index in [4.69, 9.17) is 0 Å². The Morgan fingerprint density at radius 3 is 2.52 bits per heavy atom. The molecule has 0 saturated carbocycles. The van der Waals surface area contributed by atoms with Crippen molar-refractivity contribution in [1.29, 1.82) is 0 Å². The zero-order valence-corrected chi connectivity index (χ0v) is 18.1. The molecule has 0 spiro atoms. The number of hydrogen-bond donors (Lipinski definition) is 5. The third kappa shape index (κ3) is 4.25. The lowest BCUT2D eigenvalue weighted by molar-refractivity contribution is -0.144. The van der Waals surface area contributed by atoms with Gasteiger partial charge in [0.05, 0.1) is 18.0 Å². The van der Waals surface area contributed by atoms with E-state index in [-0.39, 0.29) is 24.1 Å². The van der Waals surface area contributed by atoms with Crippen LogP contribution in [0.25, 0.3) is 10.8 Å². The molecule has 2 heterocycles. The molecule has 0 aromatic heterocycles. The largest absolute Gasteiger partial charge is 0.353 e. The van der Waals surface area contributed by atoms with Crippen molar-refractivity contribution in [3.05, 3.63) is 72.3 Å². The quantitative estimate of drug-likeness (QED) is 0.425. The predicted octanol–water partition coefficient (Wildman–Crippen LogP) is 2.28. The van der Waals surface area contributed by atoms with Gasteiger partial charge in [0, 0.05) is 23.2 Å². The van der Waals surface area contributed by atoms with Crippen molar-refractivity contribution in [2.45, 2.75) is 25.8 Å². The molecule has 8 heteroatoms. The lowest BCUT2D eigenvalue weighted by Gasteiger charge is -2.43. The van der Waals surface area contributed by atoms with Crippen molar-refractivity contribution in [1.82, 2.24) is 16.0 Å². The Hall–Kier alpha value is -3.91. The Morgan fingerprint density at radius 1 is 0.939 bits per heavy atom. The summed E-state index contributed by atoms with van der Waals surface area (Å²) in [5.74, 6) is -2.44. The molecule has 0 radical (unpaired) electrons. The molecule has 4 atom stereocenters. The third-order valence-corrected chi connectivity index (χ3v) is 6.20. The van der Waals surface area contributed by atoms with Gasteiger partial charge in [-0.3, -0.25) is 19.7 Å². The van der Waals surface area contributed by atoms with Gasteiger partial charge >= 0.3 is 0 Å². The number of anilines is 2. The van der Waals surface area contributed by atoms with Crippen LogP contribution in [0, 0.1) is 18.8 Å². The highest BCUT2D eigenvalue weighted by atomic mass is 16.2. The molecule has 168 valence electrons. The van der Waals surface area contributed by atoms with E-state index in [1.807, 2.05) is 73.7 Å². The van der Waals surface area contributed by atoms with E-state index in [2.05, 4.69) is 26.6 Å². The first-order chi connectivity index (χ1) is 16.0. The topological polar surface area (TPSA) is 111 Å². The number of piperidine rings is 1. The molecule has 3 amide bonds. The average Bonchev–Trinajstić information content (AvgIpc) is 2.80. The third-order valence-electron chi connectivity index (χ3n) is 6.20. The number of fused-ring (bicyclic) bond motifs is 2. The first-order valence-electron chi connectivity index (χ1n) is 11.0. The second-order valence-electron chi connectivity index (χ2n) is 8.52. The number of carbonyl (C=O) groups is 3. The van der Waals surface area contributed by atoms with Gasteiger partial charge in [-0.15, -0.1) is 0 Å². The highest BCUT2D eigenvalue weighted by Gasteiger charge is 2.48. The molecule has 0 aliphatic carbocycles. The van der Waals surface area contributed by atoms with E-state index >= 15 is 0 Å². The van der Waals surface area contributed by atoms with Crippen LogP contribution in [0.4, 0.5) is 11.4 Å². The van der Waals surface area contributed by atoms with Crippen LogP contribution >= 0.6 is 0 Å². The van der Waals surface area contributed by atoms with Crippen molar-refractivity contribution >= 4 is 39.9 Å². The van der Waals surface area contributed by atoms with Crippen molar-refractivity contribution < 1.29 is 14.4 Å². The second-order valence-corrected chi connectivity index (χ2v) is 8.52. The van der Waals surface area contributed by atoms with Crippen LogP contribution in [0.1, 0.15) is 12.0 Å².